The molecule has 8 nitrogen and oxygen atoms in total. The molecule has 2 fully saturated rings. The first-order valence-electron chi connectivity index (χ1n) is 14.1. The van der Waals surface area contributed by atoms with Crippen molar-refractivity contribution in [2.75, 3.05) is 19.5 Å². The third-order valence-electron chi connectivity index (χ3n) is 8.78. The molecule has 2 aromatic heterocycles. The molecule has 1 aromatic carbocycles. The predicted molar refractivity (Wildman–Crippen MR) is 151 cm³/mol. The summed E-state index contributed by atoms with van der Waals surface area (Å²) in [5.41, 5.74) is -0.207. The van der Waals surface area contributed by atoms with Crippen LogP contribution in [0.1, 0.15) is 55.2 Å². The number of hydrogen-bond acceptors (Lipinski definition) is 7. The van der Waals surface area contributed by atoms with Gasteiger partial charge in [0, 0.05) is 42.7 Å². The van der Waals surface area contributed by atoms with Crippen LogP contribution in [0.25, 0.3) is 11.3 Å². The summed E-state index contributed by atoms with van der Waals surface area (Å²) in [5.74, 6) is -7.06. The van der Waals surface area contributed by atoms with Crippen molar-refractivity contribution in [2.45, 2.75) is 79.3 Å². The fraction of sp³-hybridized carbons (Fsp3) is 0.552. The first kappa shape index (κ1) is 31.8. The van der Waals surface area contributed by atoms with Gasteiger partial charge in [0.1, 0.15) is 11.7 Å². The molecule has 0 amide bonds. The third kappa shape index (κ3) is 6.04. The molecule has 2 aliphatic rings. The molecule has 0 spiro atoms. The summed E-state index contributed by atoms with van der Waals surface area (Å²) in [5, 5.41) is 40.9. The molecule has 43 heavy (non-hydrogen) atoms. The topological polar surface area (TPSA) is 114 Å². The van der Waals surface area contributed by atoms with Gasteiger partial charge in [-0.2, -0.15) is 0 Å². The Morgan fingerprint density at radius 2 is 1.81 bits per heavy atom. The summed E-state index contributed by atoms with van der Waals surface area (Å²) in [4.78, 5) is 4.61. The molecule has 236 valence electrons. The number of halogens is 5. The number of thiol groups is 1. The van der Waals surface area contributed by atoms with Crippen LogP contribution in [0.4, 0.5) is 22.0 Å². The number of aliphatic hydroxyl groups is 3. The summed E-state index contributed by atoms with van der Waals surface area (Å²) in [7, 11) is -0.101. The van der Waals surface area contributed by atoms with Gasteiger partial charge in [0.05, 0.1) is 41.6 Å². The zero-order valence-electron chi connectivity index (χ0n) is 23.7. The molecule has 1 saturated heterocycles. The lowest BCUT2D eigenvalue weighted by atomic mass is 9.78. The van der Waals surface area contributed by atoms with Crippen LogP contribution in [0.3, 0.4) is 0 Å². The van der Waals surface area contributed by atoms with E-state index in [0.717, 1.165) is 17.7 Å². The molecule has 5 rings (SSSR count). The molecule has 3 aromatic rings. The maximum atomic E-state index is 14.3. The zero-order valence-corrected chi connectivity index (χ0v) is 24.6. The molecule has 1 saturated carbocycles. The molecule has 14 heteroatoms. The van der Waals surface area contributed by atoms with Crippen molar-refractivity contribution in [3.8, 4) is 11.3 Å². The van der Waals surface area contributed by atoms with E-state index in [9.17, 15) is 37.3 Å². The van der Waals surface area contributed by atoms with Crippen LogP contribution in [0.5, 0.6) is 0 Å². The van der Waals surface area contributed by atoms with Crippen molar-refractivity contribution in [3.63, 3.8) is 0 Å². The molecule has 1 aliphatic carbocycles. The Morgan fingerprint density at radius 3 is 2.42 bits per heavy atom. The molecule has 3 N–H and O–H groups in total. The Hall–Kier alpha value is -2.65. The van der Waals surface area contributed by atoms with Crippen LogP contribution in [-0.4, -0.2) is 83.7 Å². The zero-order chi connectivity index (χ0) is 31.1. The first-order valence-corrected chi connectivity index (χ1v) is 15.8. The molecular formula is C29H35F5N4O4S. The van der Waals surface area contributed by atoms with Gasteiger partial charge in [0.15, 0.2) is 17.5 Å². The van der Waals surface area contributed by atoms with Gasteiger partial charge in [-0.15, -0.1) is 5.10 Å². The predicted octanol–water partition coefficient (Wildman–Crippen LogP) is 4.29. The van der Waals surface area contributed by atoms with Gasteiger partial charge in [0.25, 0.3) is 0 Å². The van der Waals surface area contributed by atoms with Crippen LogP contribution in [0, 0.1) is 17.5 Å². The number of pyridine rings is 1. The number of ether oxygens (including phenoxy) is 1. The monoisotopic (exact) mass is 630 g/mol. The van der Waals surface area contributed by atoms with E-state index >= 15 is 0 Å². The molecule has 6 atom stereocenters. The maximum Gasteiger partial charge on any atom is 0.248 e. The van der Waals surface area contributed by atoms with Gasteiger partial charge in [0.2, 0.25) is 5.92 Å². The van der Waals surface area contributed by atoms with Crippen LogP contribution >= 0.6 is 10.9 Å². The highest BCUT2D eigenvalue weighted by Gasteiger charge is 2.54. The van der Waals surface area contributed by atoms with E-state index in [4.69, 9.17) is 4.74 Å². The summed E-state index contributed by atoms with van der Waals surface area (Å²) >= 11 is 0. The number of rotatable bonds is 8. The van der Waals surface area contributed by atoms with E-state index in [2.05, 4.69) is 15.3 Å². The van der Waals surface area contributed by atoms with Gasteiger partial charge >= 0.3 is 0 Å². The van der Waals surface area contributed by atoms with Gasteiger partial charge in [-0.05, 0) is 43.0 Å². The number of aliphatic hydroxyl groups excluding tert-OH is 2. The lowest BCUT2D eigenvalue weighted by Gasteiger charge is -2.53. The van der Waals surface area contributed by atoms with E-state index in [1.165, 1.54) is 18.0 Å². The van der Waals surface area contributed by atoms with Gasteiger partial charge in [-0.3, -0.25) is 4.98 Å². The van der Waals surface area contributed by atoms with Gasteiger partial charge < -0.3 is 20.1 Å². The molecular weight excluding hydrogens is 595 g/mol. The summed E-state index contributed by atoms with van der Waals surface area (Å²) in [6.07, 6.45) is 0.145. The van der Waals surface area contributed by atoms with E-state index in [1.54, 1.807) is 12.3 Å². The van der Waals surface area contributed by atoms with Crippen LogP contribution in [0.15, 0.2) is 36.7 Å². The van der Waals surface area contributed by atoms with E-state index in [0.29, 0.717) is 12.1 Å². The van der Waals surface area contributed by atoms with Gasteiger partial charge in [-0.1, -0.05) is 18.2 Å². The number of methoxy groups -OCH3 is 1. The molecule has 3 heterocycles. The largest absolute Gasteiger partial charge is 0.395 e. The third-order valence-corrected chi connectivity index (χ3v) is 12.3. The lowest BCUT2D eigenvalue weighted by molar-refractivity contribution is -0.105. The number of nitrogens with zero attached hydrogens (tertiary/aromatic N) is 4. The first-order chi connectivity index (χ1) is 20.4. The normalized spacial score (nSPS) is 28.5. The van der Waals surface area contributed by atoms with E-state index in [1.807, 2.05) is 13.0 Å². The Kier molecular flexibility index (Phi) is 9.15. The molecule has 1 aliphatic heterocycles. The second-order valence-electron chi connectivity index (χ2n) is 11.3. The Bertz CT molecular complexity index is 1410. The van der Waals surface area contributed by atoms with Crippen LogP contribution in [-0.2, 0) is 11.2 Å². The highest BCUT2D eigenvalue weighted by molar-refractivity contribution is 8.18. The minimum atomic E-state index is -2.90. The van der Waals surface area contributed by atoms with E-state index < -0.39 is 88.1 Å². The maximum absolute atomic E-state index is 14.3. The van der Waals surface area contributed by atoms with Crippen molar-refractivity contribution in [1.29, 1.82) is 0 Å². The molecule has 0 bridgehead atoms. The number of aryl methyl sites for hydroxylation is 1. The number of aromatic nitrogens is 4. The van der Waals surface area contributed by atoms with Crippen molar-refractivity contribution in [2.24, 2.45) is 0 Å². The minimum Gasteiger partial charge on any atom is -0.395 e. The summed E-state index contributed by atoms with van der Waals surface area (Å²) < 4.78 is 76.9. The molecule has 1 unspecified atom stereocenters. The van der Waals surface area contributed by atoms with E-state index in [-0.39, 0.29) is 29.9 Å². The van der Waals surface area contributed by atoms with Crippen LogP contribution < -0.4 is 0 Å². The highest BCUT2D eigenvalue weighted by Crippen LogP contribution is 2.61. The second kappa shape index (κ2) is 12.4. The van der Waals surface area contributed by atoms with Crippen molar-refractivity contribution >= 4 is 10.9 Å². The second-order valence-corrected chi connectivity index (χ2v) is 13.9. The Morgan fingerprint density at radius 1 is 1.14 bits per heavy atom. The molecule has 0 radical (unpaired) electrons. The highest BCUT2D eigenvalue weighted by atomic mass is 32.2. The minimum absolute atomic E-state index is 0.0182. The Balaban J connectivity index is 1.53. The van der Waals surface area contributed by atoms with Crippen molar-refractivity contribution in [1.82, 2.24) is 20.0 Å². The van der Waals surface area contributed by atoms with Gasteiger partial charge in [-0.25, -0.2) is 37.5 Å². The smallest absolute Gasteiger partial charge is 0.248 e. The average molecular weight is 631 g/mol. The summed E-state index contributed by atoms with van der Waals surface area (Å²) in [6.45, 7) is 1.45. The lowest BCUT2D eigenvalue weighted by Crippen LogP contribution is -2.54. The number of alkyl halides is 2. The average Bonchev–Trinajstić information content (AvgIpc) is 3.47. The quantitative estimate of drug-likeness (QED) is 0.167. The standard InChI is InChI=1S/C29H35F5N4O4S/c1-3-16-5-4-10-35-24(16)27(28(41)6-8-29(33,34)9-7-28)43-15-21(42-2)25(26(40)22(43)14-39)38-13-20(36-37-38)17-11-18(30)23(32)19(31)12-17/h4-5,10-13,21-22,25-27,39-41,43H,3,6-9,14-15H2,1-2H3/t21-,22+,25+,26-,27+/m0/s1. The van der Waals surface area contributed by atoms with Crippen LogP contribution in [0.2, 0.25) is 0 Å². The SMILES string of the molecule is CCc1cccnc1[C@@H]([SH]1C[C@H](OC)[C@@H](n2cc(-c3cc(F)c(F)c(F)c3)nn2)[C@@H](O)[C@H]1CO)C1(O)CCC(F)(F)CC1. The number of benzene rings is 1. The number of hydrogen-bond donors (Lipinski definition) is 4. The van der Waals surface area contributed by atoms with Crippen molar-refractivity contribution in [3.05, 3.63) is 65.4 Å². The Labute approximate surface area is 248 Å². The fourth-order valence-corrected chi connectivity index (χ4v) is 10.3. The summed E-state index contributed by atoms with van der Waals surface area (Å²) in [6, 6.07) is 4.29. The fourth-order valence-electron chi connectivity index (χ4n) is 6.44. The van der Waals surface area contributed by atoms with Crippen molar-refractivity contribution < 1.29 is 42.0 Å².